The molecule has 0 amide bonds. The number of hydrogen-bond acceptors (Lipinski definition) is 6. The number of nitrogens with two attached hydrogens (primary N) is 1. The number of ether oxygens (including phenoxy) is 1. The van der Waals surface area contributed by atoms with Crippen molar-refractivity contribution in [2.24, 2.45) is 5.92 Å². The summed E-state index contributed by atoms with van der Waals surface area (Å²) >= 11 is 1.26. The van der Waals surface area contributed by atoms with Crippen molar-refractivity contribution in [2.75, 3.05) is 18.2 Å². The maximum absolute atomic E-state index is 12.2. The van der Waals surface area contributed by atoms with Crippen LogP contribution in [0.5, 0.6) is 0 Å². The molecule has 1 aromatic rings. The minimum Gasteiger partial charge on any atom is -0.465 e. The highest BCUT2D eigenvalue weighted by Gasteiger charge is 2.29. The lowest BCUT2D eigenvalue weighted by Crippen LogP contribution is -2.27. The Hall–Kier alpha value is -1.56. The Morgan fingerprint density at radius 2 is 2.05 bits per heavy atom. The van der Waals surface area contributed by atoms with Gasteiger partial charge in [-0.05, 0) is 19.3 Å². The molecule has 1 fully saturated rings. The number of carbonyl (C=O) groups excluding carboxylic acids is 2. The minimum absolute atomic E-state index is 0.0423. The van der Waals surface area contributed by atoms with Gasteiger partial charge < -0.3 is 15.8 Å². The fourth-order valence-electron chi connectivity index (χ4n) is 2.03. The number of thiophene rings is 1. The molecule has 0 spiro atoms. The molecule has 1 heterocycles. The summed E-state index contributed by atoms with van der Waals surface area (Å²) in [6.07, 6.45) is 3.33. The summed E-state index contributed by atoms with van der Waals surface area (Å²) in [4.78, 5) is 24.5. The van der Waals surface area contributed by atoms with Crippen molar-refractivity contribution in [1.29, 1.82) is 0 Å². The van der Waals surface area contributed by atoms with Crippen LogP contribution < -0.4 is 11.1 Å². The van der Waals surface area contributed by atoms with E-state index in [1.54, 1.807) is 0 Å². The third-order valence-electron chi connectivity index (χ3n) is 3.52. The molecular formula is C14H20N2O3S. The Kier molecular flexibility index (Phi) is 4.32. The molecule has 5 nitrogen and oxygen atoms in total. The lowest BCUT2D eigenvalue weighted by Gasteiger charge is -2.27. The van der Waals surface area contributed by atoms with Gasteiger partial charge in [0.15, 0.2) is 5.78 Å². The number of hydrogen-bond donors (Lipinski definition) is 2. The normalized spacial score (nSPS) is 15.0. The highest BCUT2D eigenvalue weighted by molar-refractivity contribution is 7.19. The second-order valence-corrected chi connectivity index (χ2v) is 6.35. The minimum atomic E-state index is -0.497. The predicted octanol–water partition coefficient (Wildman–Crippen LogP) is 2.92. The van der Waals surface area contributed by atoms with Gasteiger partial charge in [0, 0.05) is 12.0 Å². The molecule has 0 atom stereocenters. The largest absolute Gasteiger partial charge is 0.465 e. The number of anilines is 2. The number of rotatable bonds is 5. The monoisotopic (exact) mass is 296 g/mol. The first-order valence-electron chi connectivity index (χ1n) is 6.77. The zero-order chi connectivity index (χ0) is 14.9. The van der Waals surface area contributed by atoms with Crippen molar-refractivity contribution in [3.05, 3.63) is 10.4 Å². The van der Waals surface area contributed by atoms with Crippen molar-refractivity contribution < 1.29 is 14.3 Å². The van der Waals surface area contributed by atoms with E-state index in [1.165, 1.54) is 24.9 Å². The second-order valence-electron chi connectivity index (χ2n) is 5.33. The lowest BCUT2D eigenvalue weighted by molar-refractivity contribution is 0.0603. The molecule has 3 N–H and O–H groups in total. The van der Waals surface area contributed by atoms with E-state index < -0.39 is 5.97 Å². The van der Waals surface area contributed by atoms with E-state index in [2.05, 4.69) is 5.32 Å². The molecule has 0 radical (unpaired) electrons. The number of Topliss-reactive ketones (excluding diaryl/α,β-unsaturated/α-hetero) is 1. The summed E-state index contributed by atoms with van der Waals surface area (Å²) in [5, 5.41) is 3.96. The molecule has 1 aromatic heterocycles. The van der Waals surface area contributed by atoms with Gasteiger partial charge in [0.2, 0.25) is 0 Å². The molecule has 0 bridgehead atoms. The summed E-state index contributed by atoms with van der Waals surface area (Å²) in [5.41, 5.74) is 6.54. The van der Waals surface area contributed by atoms with E-state index in [0.717, 1.165) is 12.8 Å². The fraction of sp³-hybridized carbons (Fsp3) is 0.571. The first kappa shape index (κ1) is 14.8. The molecule has 0 saturated heterocycles. The Labute approximate surface area is 122 Å². The molecular weight excluding hydrogens is 276 g/mol. The van der Waals surface area contributed by atoms with Crippen molar-refractivity contribution in [3.63, 3.8) is 0 Å². The summed E-state index contributed by atoms with van der Waals surface area (Å²) < 4.78 is 4.78. The van der Waals surface area contributed by atoms with Crippen LogP contribution in [0.15, 0.2) is 0 Å². The fourth-order valence-corrected chi connectivity index (χ4v) is 3.31. The van der Waals surface area contributed by atoms with Crippen LogP contribution in [0.4, 0.5) is 10.7 Å². The van der Waals surface area contributed by atoms with E-state index in [4.69, 9.17) is 10.5 Å². The van der Waals surface area contributed by atoms with Crippen LogP contribution in [0, 0.1) is 5.92 Å². The Morgan fingerprint density at radius 1 is 1.40 bits per heavy atom. The van der Waals surface area contributed by atoms with Gasteiger partial charge in [0.05, 0.1) is 17.7 Å². The maximum atomic E-state index is 12.2. The first-order valence-corrected chi connectivity index (χ1v) is 7.58. The van der Waals surface area contributed by atoms with Crippen molar-refractivity contribution in [3.8, 4) is 0 Å². The molecule has 0 aliphatic heterocycles. The maximum Gasteiger partial charge on any atom is 0.343 e. The summed E-state index contributed by atoms with van der Waals surface area (Å²) in [6.45, 7) is 3.64. The third kappa shape index (κ3) is 2.65. The van der Waals surface area contributed by atoms with E-state index in [-0.39, 0.29) is 17.4 Å². The molecule has 0 aromatic carbocycles. The number of methoxy groups -OCH3 is 1. The van der Waals surface area contributed by atoms with E-state index in [9.17, 15) is 9.59 Å². The quantitative estimate of drug-likeness (QED) is 0.645. The van der Waals surface area contributed by atoms with Gasteiger partial charge in [0.1, 0.15) is 10.6 Å². The zero-order valence-electron chi connectivity index (χ0n) is 12.0. The Bertz CT molecular complexity index is 533. The highest BCUT2D eigenvalue weighted by atomic mass is 32.1. The van der Waals surface area contributed by atoms with Gasteiger partial charge in [-0.1, -0.05) is 13.8 Å². The van der Waals surface area contributed by atoms with Gasteiger partial charge in [-0.15, -0.1) is 11.3 Å². The lowest BCUT2D eigenvalue weighted by atomic mass is 9.93. The van der Waals surface area contributed by atoms with Gasteiger partial charge >= 0.3 is 5.97 Å². The molecule has 6 heteroatoms. The van der Waals surface area contributed by atoms with Gasteiger partial charge in [-0.25, -0.2) is 4.79 Å². The highest BCUT2D eigenvalue weighted by Crippen LogP contribution is 2.39. The average molecular weight is 296 g/mol. The van der Waals surface area contributed by atoms with Crippen molar-refractivity contribution >= 4 is 33.8 Å². The molecule has 20 heavy (non-hydrogen) atoms. The van der Waals surface area contributed by atoms with Gasteiger partial charge in [-0.3, -0.25) is 4.79 Å². The number of esters is 1. The van der Waals surface area contributed by atoms with E-state index in [1.807, 2.05) is 13.8 Å². The second kappa shape index (κ2) is 5.83. The molecule has 2 rings (SSSR count). The number of carbonyl (C=O) groups is 2. The molecule has 110 valence electrons. The molecule has 1 aliphatic rings. The van der Waals surface area contributed by atoms with Crippen LogP contribution in [0.3, 0.4) is 0 Å². The SMILES string of the molecule is COC(=O)c1c(NC2CCC2)sc(C(=O)C(C)C)c1N. The summed E-state index contributed by atoms with van der Waals surface area (Å²) in [7, 11) is 1.32. The van der Waals surface area contributed by atoms with Crippen molar-refractivity contribution in [2.45, 2.75) is 39.2 Å². The number of nitrogen functional groups attached to an aromatic ring is 1. The third-order valence-corrected chi connectivity index (χ3v) is 4.67. The molecule has 1 saturated carbocycles. The number of nitrogens with one attached hydrogen (secondary N) is 1. The van der Waals surface area contributed by atoms with Gasteiger partial charge in [0.25, 0.3) is 0 Å². The van der Waals surface area contributed by atoms with Crippen LogP contribution >= 0.6 is 11.3 Å². The van der Waals surface area contributed by atoms with Crippen molar-refractivity contribution in [1.82, 2.24) is 0 Å². The van der Waals surface area contributed by atoms with Crippen LogP contribution in [-0.4, -0.2) is 24.9 Å². The summed E-state index contributed by atoms with van der Waals surface area (Å²) in [5.74, 6) is -0.694. The van der Waals surface area contributed by atoms with E-state index >= 15 is 0 Å². The van der Waals surface area contributed by atoms with E-state index in [0.29, 0.717) is 21.5 Å². The standard InChI is InChI=1S/C14H20N2O3S/c1-7(2)11(17)12-10(15)9(14(18)19-3)13(20-12)16-8-5-4-6-8/h7-8,16H,4-6,15H2,1-3H3. The topological polar surface area (TPSA) is 81.4 Å². The Balaban J connectivity index is 2.39. The summed E-state index contributed by atoms with van der Waals surface area (Å²) in [6, 6.07) is 0.360. The van der Waals surface area contributed by atoms with Crippen LogP contribution in [0.1, 0.15) is 53.1 Å². The number of ketones is 1. The van der Waals surface area contributed by atoms with Crippen LogP contribution in [0.2, 0.25) is 0 Å². The average Bonchev–Trinajstić information content (AvgIpc) is 2.69. The zero-order valence-corrected chi connectivity index (χ0v) is 12.8. The molecule has 0 unspecified atom stereocenters. The first-order chi connectivity index (χ1) is 9.45. The molecule has 1 aliphatic carbocycles. The smallest absolute Gasteiger partial charge is 0.343 e. The van der Waals surface area contributed by atoms with Gasteiger partial charge in [-0.2, -0.15) is 0 Å². The Morgan fingerprint density at radius 3 is 2.50 bits per heavy atom. The predicted molar refractivity (Wildman–Crippen MR) is 80.5 cm³/mol. The van der Waals surface area contributed by atoms with Crippen LogP contribution in [-0.2, 0) is 4.74 Å². The van der Waals surface area contributed by atoms with Crippen LogP contribution in [0.25, 0.3) is 0 Å².